The van der Waals surface area contributed by atoms with E-state index in [9.17, 15) is 13.6 Å². The van der Waals surface area contributed by atoms with Gasteiger partial charge in [0.1, 0.15) is 11.0 Å². The summed E-state index contributed by atoms with van der Waals surface area (Å²) >= 11 is -2.36. The first kappa shape index (κ1) is 21.6. The summed E-state index contributed by atoms with van der Waals surface area (Å²) in [5.41, 5.74) is 5.89. The van der Waals surface area contributed by atoms with Gasteiger partial charge in [0.15, 0.2) is 5.52 Å². The lowest BCUT2D eigenvalue weighted by molar-refractivity contribution is 0.537. The molecule has 1 aliphatic carbocycles. The molecule has 0 spiro atoms. The van der Waals surface area contributed by atoms with E-state index in [2.05, 4.69) is 32.9 Å². The molecule has 0 aliphatic heterocycles. The van der Waals surface area contributed by atoms with Crippen LogP contribution in [0, 0.1) is 11.8 Å². The van der Waals surface area contributed by atoms with Gasteiger partial charge in [-0.15, -0.1) is 0 Å². The normalized spacial score (nSPS) is 14.4. The number of hydrogen-bond donors (Lipinski definition) is 0. The van der Waals surface area contributed by atoms with Gasteiger partial charge in [-0.25, -0.2) is 4.98 Å². The van der Waals surface area contributed by atoms with Crippen molar-refractivity contribution in [2.75, 3.05) is 0 Å². The van der Waals surface area contributed by atoms with Crippen molar-refractivity contribution in [3.05, 3.63) is 101 Å². The molecule has 7 nitrogen and oxygen atoms in total. The molecule has 0 bridgehead atoms. The molecule has 176 valence electrons. The van der Waals surface area contributed by atoms with Crippen molar-refractivity contribution in [2.45, 2.75) is 11.3 Å². The third-order valence-corrected chi connectivity index (χ3v) is 7.40. The molecular weight excluding hydrogens is 484 g/mol. The van der Waals surface area contributed by atoms with Gasteiger partial charge in [-0.05, 0) is 52.6 Å². The average Bonchev–Trinajstić information content (AvgIpc) is 3.08. The zero-order chi connectivity index (χ0) is 25.1. The van der Waals surface area contributed by atoms with Crippen molar-refractivity contribution in [3.63, 3.8) is 0 Å². The number of benzene rings is 2. The molecule has 8 heteroatoms. The molecule has 4 heterocycles. The standard InChI is InChI=1S/C29H16N4O3S/c34-29-27-25(31-14-15-32-27)26-28-21(12-13-30-26)22-16-19(10-11-23(22)33(28)29)17-4-3-5-18(9-8-17)20-6-1-2-7-24(20)37(35)36/h1-2,6-16H,4H2,(H,35,36)/p-1. The van der Waals surface area contributed by atoms with E-state index in [1.54, 1.807) is 41.1 Å². The molecule has 37 heavy (non-hydrogen) atoms. The van der Waals surface area contributed by atoms with Crippen LogP contribution in [0.1, 0.15) is 17.5 Å². The van der Waals surface area contributed by atoms with Gasteiger partial charge >= 0.3 is 0 Å². The molecular formula is C29H15N4O3S-. The Hall–Kier alpha value is -4.71. The molecule has 4 aromatic heterocycles. The summed E-state index contributed by atoms with van der Waals surface area (Å²) in [5, 5.41) is 1.83. The summed E-state index contributed by atoms with van der Waals surface area (Å²) < 4.78 is 25.1. The highest BCUT2D eigenvalue weighted by Gasteiger charge is 2.19. The zero-order valence-electron chi connectivity index (χ0n) is 19.1. The van der Waals surface area contributed by atoms with Gasteiger partial charge < -0.3 is 4.55 Å². The lowest BCUT2D eigenvalue weighted by Gasteiger charge is -2.10. The third-order valence-electron chi connectivity index (χ3n) is 6.68. The molecule has 1 unspecified atom stereocenters. The van der Waals surface area contributed by atoms with E-state index in [0.29, 0.717) is 28.6 Å². The smallest absolute Gasteiger partial charge is 0.283 e. The van der Waals surface area contributed by atoms with E-state index >= 15 is 0 Å². The fourth-order valence-electron chi connectivity index (χ4n) is 5.03. The molecule has 6 aromatic rings. The maximum Gasteiger partial charge on any atom is 0.283 e. The summed E-state index contributed by atoms with van der Waals surface area (Å²) in [6, 6.07) is 14.7. The Morgan fingerprint density at radius 1 is 0.892 bits per heavy atom. The second-order valence-electron chi connectivity index (χ2n) is 8.66. The topological polar surface area (TPSA) is 100 Å². The number of rotatable bonds is 3. The number of nitrogens with zero attached hydrogens (tertiary/aromatic N) is 4. The summed E-state index contributed by atoms with van der Waals surface area (Å²) in [5.74, 6) is 6.30. The maximum absolute atomic E-state index is 13.4. The number of hydrogen-bond acceptors (Lipinski definition) is 6. The van der Waals surface area contributed by atoms with Gasteiger partial charge in [-0.3, -0.25) is 23.4 Å². The van der Waals surface area contributed by atoms with Crippen LogP contribution in [-0.2, 0) is 11.1 Å². The monoisotopic (exact) mass is 499 g/mol. The highest BCUT2D eigenvalue weighted by Crippen LogP contribution is 2.34. The molecule has 0 saturated heterocycles. The van der Waals surface area contributed by atoms with Gasteiger partial charge in [-0.2, -0.15) is 0 Å². The molecule has 0 saturated carbocycles. The van der Waals surface area contributed by atoms with Gasteiger partial charge in [-0.1, -0.05) is 42.2 Å². The van der Waals surface area contributed by atoms with Crippen molar-refractivity contribution in [2.24, 2.45) is 0 Å². The Bertz CT molecular complexity index is 2130. The first-order valence-electron chi connectivity index (χ1n) is 11.5. The van der Waals surface area contributed by atoms with Crippen LogP contribution in [0.5, 0.6) is 0 Å². The third kappa shape index (κ3) is 3.22. The van der Waals surface area contributed by atoms with Gasteiger partial charge in [0.2, 0.25) is 0 Å². The Balaban J connectivity index is 1.43. The predicted octanol–water partition coefficient (Wildman–Crippen LogP) is 4.49. The molecule has 0 amide bonds. The Kier molecular flexibility index (Phi) is 4.76. The summed E-state index contributed by atoms with van der Waals surface area (Å²) in [6.45, 7) is 0. The van der Waals surface area contributed by atoms with E-state index in [1.165, 1.54) is 6.20 Å². The van der Waals surface area contributed by atoms with Crippen LogP contribution in [0.15, 0.2) is 89.0 Å². The number of aromatic nitrogens is 4. The van der Waals surface area contributed by atoms with Crippen LogP contribution in [0.25, 0.3) is 49.5 Å². The largest absolute Gasteiger partial charge is 0.768 e. The van der Waals surface area contributed by atoms with Crippen LogP contribution < -0.4 is 5.56 Å². The molecule has 1 atom stereocenters. The van der Waals surface area contributed by atoms with Crippen molar-refractivity contribution >= 4 is 60.6 Å². The van der Waals surface area contributed by atoms with Crippen LogP contribution >= 0.6 is 0 Å². The van der Waals surface area contributed by atoms with Crippen LogP contribution in [0.2, 0.25) is 0 Å². The Labute approximate surface area is 212 Å². The van der Waals surface area contributed by atoms with E-state index in [4.69, 9.17) is 0 Å². The number of allylic oxidation sites excluding steroid dienone is 4. The zero-order valence-corrected chi connectivity index (χ0v) is 20.0. The molecule has 1 aliphatic rings. The SMILES string of the molecule is O=c1c2nccnc2c2nccc3c4cc(C5=CC=C(c6ccccc6S(=O)[O-])C#CC5)ccc4n1c32. The van der Waals surface area contributed by atoms with E-state index in [0.717, 1.165) is 32.9 Å². The van der Waals surface area contributed by atoms with E-state index in [-0.39, 0.29) is 16.0 Å². The highest BCUT2D eigenvalue weighted by atomic mass is 32.2. The number of pyridine rings is 2. The van der Waals surface area contributed by atoms with Crippen molar-refractivity contribution in [3.8, 4) is 11.8 Å². The fourth-order valence-corrected chi connectivity index (χ4v) is 5.58. The minimum atomic E-state index is -2.36. The fraction of sp³-hybridized carbons (Fsp3) is 0.0345. The van der Waals surface area contributed by atoms with E-state index in [1.807, 2.05) is 30.4 Å². The van der Waals surface area contributed by atoms with E-state index < -0.39 is 11.1 Å². The minimum absolute atomic E-state index is 0.221. The summed E-state index contributed by atoms with van der Waals surface area (Å²) in [7, 11) is 0. The summed E-state index contributed by atoms with van der Waals surface area (Å²) in [6.07, 6.45) is 9.13. The average molecular weight is 500 g/mol. The molecule has 0 N–H and O–H groups in total. The maximum atomic E-state index is 13.4. The van der Waals surface area contributed by atoms with Crippen molar-refractivity contribution in [1.29, 1.82) is 0 Å². The van der Waals surface area contributed by atoms with Gasteiger partial charge in [0.25, 0.3) is 5.56 Å². The van der Waals surface area contributed by atoms with Crippen LogP contribution in [0.4, 0.5) is 0 Å². The molecule has 0 fully saturated rings. The lowest BCUT2D eigenvalue weighted by Crippen LogP contribution is -2.15. The first-order valence-corrected chi connectivity index (χ1v) is 12.6. The van der Waals surface area contributed by atoms with Crippen molar-refractivity contribution in [1.82, 2.24) is 19.4 Å². The highest BCUT2D eigenvalue weighted by molar-refractivity contribution is 7.79. The first-order chi connectivity index (χ1) is 18.1. The van der Waals surface area contributed by atoms with Crippen LogP contribution in [-0.4, -0.2) is 28.1 Å². The second-order valence-corrected chi connectivity index (χ2v) is 9.57. The molecule has 2 aromatic carbocycles. The van der Waals surface area contributed by atoms with Gasteiger partial charge in [0.05, 0.1) is 11.0 Å². The van der Waals surface area contributed by atoms with Gasteiger partial charge in [0, 0.05) is 51.8 Å². The minimum Gasteiger partial charge on any atom is -0.768 e. The quantitative estimate of drug-likeness (QED) is 0.202. The summed E-state index contributed by atoms with van der Waals surface area (Å²) in [4.78, 5) is 26.8. The second kappa shape index (κ2) is 8.17. The Morgan fingerprint density at radius 2 is 1.70 bits per heavy atom. The Morgan fingerprint density at radius 3 is 2.57 bits per heavy atom. The van der Waals surface area contributed by atoms with Crippen molar-refractivity contribution < 1.29 is 8.76 Å². The molecule has 0 radical (unpaired) electrons. The lowest BCUT2D eigenvalue weighted by atomic mass is 10.0. The van der Waals surface area contributed by atoms with Crippen LogP contribution in [0.3, 0.4) is 0 Å². The number of fused-ring (bicyclic) bond motifs is 5. The predicted molar refractivity (Wildman–Crippen MR) is 143 cm³/mol. The molecule has 7 rings (SSSR count).